The van der Waals surface area contributed by atoms with Gasteiger partial charge in [-0.2, -0.15) is 5.48 Å². The van der Waals surface area contributed by atoms with Crippen LogP contribution in [0.15, 0.2) is 11.6 Å². The van der Waals surface area contributed by atoms with Gasteiger partial charge in [-0.1, -0.05) is 25.5 Å². The van der Waals surface area contributed by atoms with Crippen LogP contribution in [0.2, 0.25) is 0 Å². The quantitative estimate of drug-likeness (QED) is 0.310. The first-order valence-electron chi connectivity index (χ1n) is 13.2. The van der Waals surface area contributed by atoms with E-state index in [0.717, 1.165) is 58.0 Å². The van der Waals surface area contributed by atoms with Crippen LogP contribution in [0.25, 0.3) is 0 Å². The van der Waals surface area contributed by atoms with E-state index in [-0.39, 0.29) is 11.5 Å². The van der Waals surface area contributed by atoms with Crippen molar-refractivity contribution in [3.63, 3.8) is 0 Å². The zero-order chi connectivity index (χ0) is 23.1. The van der Waals surface area contributed by atoms with Crippen molar-refractivity contribution in [3.8, 4) is 0 Å². The van der Waals surface area contributed by atoms with Crippen LogP contribution in [-0.2, 0) is 4.84 Å². The SMILES string of the molecule is C/C(=C\[C@H]1CC[C@]2(O)[C@@H]3CC[C@@H]4C[C@@H](O)CC[C@]4(C)[C@H]3CC[C@]12C)CNOCCN(C)C. The molecule has 0 saturated heterocycles. The fourth-order valence-corrected chi connectivity index (χ4v) is 8.38. The Bertz CT molecular complexity index is 696. The van der Waals surface area contributed by atoms with Gasteiger partial charge in [0, 0.05) is 18.5 Å². The predicted molar refractivity (Wildman–Crippen MR) is 129 cm³/mol. The molecule has 0 aromatic carbocycles. The van der Waals surface area contributed by atoms with Crippen molar-refractivity contribution in [1.29, 1.82) is 0 Å². The first-order chi connectivity index (χ1) is 15.1. The molecule has 0 aromatic rings. The number of aliphatic hydroxyl groups is 2. The summed E-state index contributed by atoms with van der Waals surface area (Å²) in [5.41, 5.74) is 4.15. The number of rotatable bonds is 7. The topological polar surface area (TPSA) is 65.0 Å². The molecule has 32 heavy (non-hydrogen) atoms. The number of nitrogens with zero attached hydrogens (tertiary/aromatic N) is 1. The van der Waals surface area contributed by atoms with Crippen LogP contribution in [0, 0.1) is 34.5 Å². The highest BCUT2D eigenvalue weighted by Gasteiger charge is 2.66. The Morgan fingerprint density at radius 1 is 1.06 bits per heavy atom. The molecule has 4 aliphatic carbocycles. The van der Waals surface area contributed by atoms with E-state index in [9.17, 15) is 10.2 Å². The second kappa shape index (κ2) is 9.30. The number of nitrogens with one attached hydrogen (secondary N) is 1. The van der Waals surface area contributed by atoms with Gasteiger partial charge in [-0.05, 0) is 108 Å². The van der Waals surface area contributed by atoms with Crippen molar-refractivity contribution in [1.82, 2.24) is 10.4 Å². The number of allylic oxidation sites excluding steroid dienone is 1. The fraction of sp³-hybridized carbons (Fsp3) is 0.926. The average molecular weight is 449 g/mol. The summed E-state index contributed by atoms with van der Waals surface area (Å²) >= 11 is 0. The van der Waals surface area contributed by atoms with Crippen molar-refractivity contribution >= 4 is 0 Å². The maximum Gasteiger partial charge on any atom is 0.0809 e. The first-order valence-corrected chi connectivity index (χ1v) is 13.2. The van der Waals surface area contributed by atoms with Crippen LogP contribution < -0.4 is 5.48 Å². The van der Waals surface area contributed by atoms with Gasteiger partial charge in [0.15, 0.2) is 0 Å². The molecule has 0 heterocycles. The summed E-state index contributed by atoms with van der Waals surface area (Å²) in [4.78, 5) is 7.69. The van der Waals surface area contributed by atoms with Gasteiger partial charge in [0.25, 0.3) is 0 Å². The summed E-state index contributed by atoms with van der Waals surface area (Å²) in [5, 5.41) is 22.5. The molecule has 3 N–H and O–H groups in total. The highest BCUT2D eigenvalue weighted by molar-refractivity contribution is 5.21. The highest BCUT2D eigenvalue weighted by Crippen LogP contribution is 2.69. The molecule has 4 aliphatic rings. The van der Waals surface area contributed by atoms with Gasteiger partial charge in [-0.3, -0.25) is 0 Å². The number of hydroxylamine groups is 1. The van der Waals surface area contributed by atoms with Crippen LogP contribution in [0.3, 0.4) is 0 Å². The zero-order valence-corrected chi connectivity index (χ0v) is 21.2. The third-order valence-electron chi connectivity index (χ3n) is 10.5. The smallest absolute Gasteiger partial charge is 0.0809 e. The molecule has 0 spiro atoms. The van der Waals surface area contributed by atoms with Gasteiger partial charge in [0.2, 0.25) is 0 Å². The summed E-state index contributed by atoms with van der Waals surface area (Å²) in [6.07, 6.45) is 12.1. The molecular formula is C27H48N2O3. The van der Waals surface area contributed by atoms with E-state index < -0.39 is 5.60 Å². The molecule has 0 aliphatic heterocycles. The van der Waals surface area contributed by atoms with E-state index in [4.69, 9.17) is 4.84 Å². The van der Waals surface area contributed by atoms with E-state index >= 15 is 0 Å². The lowest BCUT2D eigenvalue weighted by atomic mass is 9.43. The maximum absolute atomic E-state index is 12.3. The van der Waals surface area contributed by atoms with E-state index in [1.807, 2.05) is 0 Å². The minimum absolute atomic E-state index is 0.0292. The second-order valence-electron chi connectivity index (χ2n) is 12.4. The predicted octanol–water partition coefficient (Wildman–Crippen LogP) is 4.15. The monoisotopic (exact) mass is 448 g/mol. The molecule has 5 nitrogen and oxygen atoms in total. The van der Waals surface area contributed by atoms with Crippen molar-refractivity contribution < 1.29 is 15.1 Å². The molecular weight excluding hydrogens is 400 g/mol. The molecule has 0 aromatic heterocycles. The second-order valence-corrected chi connectivity index (χ2v) is 12.4. The number of likely N-dealkylation sites (N-methyl/N-ethyl adjacent to an activating group) is 1. The van der Waals surface area contributed by atoms with E-state index in [0.29, 0.717) is 35.7 Å². The third-order valence-corrected chi connectivity index (χ3v) is 10.5. The number of aliphatic hydroxyl groups excluding tert-OH is 1. The van der Waals surface area contributed by atoms with E-state index in [2.05, 4.69) is 51.3 Å². The molecule has 4 fully saturated rings. The third kappa shape index (κ3) is 4.22. The fourth-order valence-electron chi connectivity index (χ4n) is 8.38. The highest BCUT2D eigenvalue weighted by atomic mass is 16.6. The Hall–Kier alpha value is -0.460. The average Bonchev–Trinajstić information content (AvgIpc) is 2.99. The largest absolute Gasteiger partial charge is 0.393 e. The molecule has 4 rings (SSSR count). The maximum atomic E-state index is 12.3. The van der Waals surface area contributed by atoms with Crippen molar-refractivity contribution in [3.05, 3.63) is 11.6 Å². The van der Waals surface area contributed by atoms with Crippen molar-refractivity contribution in [2.75, 3.05) is 33.8 Å². The lowest BCUT2D eigenvalue weighted by molar-refractivity contribution is -0.207. The zero-order valence-electron chi connectivity index (χ0n) is 21.2. The Morgan fingerprint density at radius 3 is 2.59 bits per heavy atom. The Labute approximate surface area is 195 Å². The molecule has 4 saturated carbocycles. The van der Waals surface area contributed by atoms with Gasteiger partial charge in [-0.25, -0.2) is 0 Å². The van der Waals surface area contributed by atoms with Gasteiger partial charge in [-0.15, -0.1) is 0 Å². The normalized spacial score (nSPS) is 46.6. The number of hydrogen-bond acceptors (Lipinski definition) is 5. The molecule has 5 heteroatoms. The lowest BCUT2D eigenvalue weighted by Crippen LogP contribution is -2.62. The van der Waals surface area contributed by atoms with Gasteiger partial charge in [0.05, 0.1) is 18.3 Å². The minimum atomic E-state index is -0.545. The molecule has 0 bridgehead atoms. The van der Waals surface area contributed by atoms with E-state index in [1.54, 1.807) is 0 Å². The van der Waals surface area contributed by atoms with Crippen LogP contribution in [0.1, 0.15) is 78.6 Å². The Kier molecular flexibility index (Phi) is 7.16. The summed E-state index contributed by atoms with van der Waals surface area (Å²) in [7, 11) is 4.10. The summed E-state index contributed by atoms with van der Waals surface area (Å²) in [5.74, 6) is 2.11. The molecule has 0 amide bonds. The standard InChI is InChI=1S/C27H48N2O3/c1-19(18-28-32-15-14-29(4)5)16-21-8-13-27(31)24-7-6-20-17-22(30)9-11-25(20,2)23(24)10-12-26(21,27)3/h16,20-24,28,30-31H,6-15,17-18H2,1-5H3/b19-16+/t20-,21-,22+,23+,24-,25+,26-,27+/m1/s1. The van der Waals surface area contributed by atoms with Crippen molar-refractivity contribution in [2.45, 2.75) is 90.3 Å². The van der Waals surface area contributed by atoms with E-state index in [1.165, 1.54) is 18.4 Å². The Balaban J connectivity index is 1.43. The number of hydrogen-bond donors (Lipinski definition) is 3. The summed E-state index contributed by atoms with van der Waals surface area (Å²) in [6, 6.07) is 0. The summed E-state index contributed by atoms with van der Waals surface area (Å²) in [6.45, 7) is 9.39. The van der Waals surface area contributed by atoms with Gasteiger partial charge < -0.3 is 20.0 Å². The van der Waals surface area contributed by atoms with Crippen LogP contribution >= 0.6 is 0 Å². The lowest BCUT2D eigenvalue weighted by Gasteiger charge is -2.63. The molecule has 0 unspecified atom stereocenters. The van der Waals surface area contributed by atoms with Gasteiger partial charge >= 0.3 is 0 Å². The molecule has 0 radical (unpaired) electrons. The minimum Gasteiger partial charge on any atom is -0.393 e. The summed E-state index contributed by atoms with van der Waals surface area (Å²) < 4.78 is 0. The van der Waals surface area contributed by atoms with Crippen LogP contribution in [0.4, 0.5) is 0 Å². The van der Waals surface area contributed by atoms with Crippen LogP contribution in [0.5, 0.6) is 0 Å². The number of fused-ring (bicyclic) bond motifs is 5. The van der Waals surface area contributed by atoms with Gasteiger partial charge in [0.1, 0.15) is 0 Å². The van der Waals surface area contributed by atoms with Crippen LogP contribution in [-0.4, -0.2) is 60.6 Å². The Morgan fingerprint density at radius 2 is 1.84 bits per heavy atom. The molecule has 184 valence electrons. The first kappa shape index (κ1) is 24.7. The van der Waals surface area contributed by atoms with Crippen molar-refractivity contribution in [2.24, 2.45) is 34.5 Å². The molecule has 8 atom stereocenters.